The summed E-state index contributed by atoms with van der Waals surface area (Å²) in [5.74, 6) is 1.44. The Labute approximate surface area is 120 Å². The molecule has 2 heterocycles. The van der Waals surface area contributed by atoms with E-state index >= 15 is 0 Å². The lowest BCUT2D eigenvalue weighted by molar-refractivity contribution is 0.0702. The lowest BCUT2D eigenvalue weighted by atomic mass is 10.0. The molecule has 0 bridgehead atoms. The van der Waals surface area contributed by atoms with Crippen molar-refractivity contribution in [3.63, 3.8) is 0 Å². The first kappa shape index (κ1) is 14.8. The van der Waals surface area contributed by atoms with Gasteiger partial charge in [0, 0.05) is 11.9 Å². The van der Waals surface area contributed by atoms with Crippen molar-refractivity contribution in [1.29, 1.82) is 0 Å². The number of hydrogen-bond acceptors (Lipinski definition) is 5. The number of nitrogens with one attached hydrogen (secondary N) is 1. The zero-order valence-corrected chi connectivity index (χ0v) is 12.6. The quantitative estimate of drug-likeness (QED) is 0.865. The molecule has 0 radical (unpaired) electrons. The third-order valence-corrected chi connectivity index (χ3v) is 6.52. The van der Waals surface area contributed by atoms with Crippen molar-refractivity contribution in [2.75, 3.05) is 18.1 Å². The molecule has 1 fully saturated rings. The molecule has 1 aromatic heterocycles. The van der Waals surface area contributed by atoms with Crippen molar-refractivity contribution in [1.82, 2.24) is 4.72 Å². The van der Waals surface area contributed by atoms with E-state index in [-0.39, 0.29) is 9.77 Å². The van der Waals surface area contributed by atoms with Crippen LogP contribution in [0.2, 0.25) is 0 Å². The molecule has 5 nitrogen and oxygen atoms in total. The molecule has 0 saturated carbocycles. The Bertz CT molecular complexity index is 546. The molecule has 0 amide bonds. The van der Waals surface area contributed by atoms with Crippen molar-refractivity contribution in [3.8, 4) is 0 Å². The van der Waals surface area contributed by atoms with Gasteiger partial charge in [-0.05, 0) is 36.3 Å². The second-order valence-corrected chi connectivity index (χ2v) is 8.26. The van der Waals surface area contributed by atoms with Gasteiger partial charge >= 0.3 is 5.97 Å². The first-order valence-electron chi connectivity index (χ1n) is 5.88. The molecule has 1 aliphatic rings. The molecule has 0 aromatic carbocycles. The Morgan fingerprint density at radius 3 is 2.68 bits per heavy atom. The molecular formula is C11H15NO4S3. The number of rotatable bonds is 5. The van der Waals surface area contributed by atoms with Gasteiger partial charge in [-0.15, -0.1) is 11.3 Å². The Morgan fingerprint density at radius 2 is 2.11 bits per heavy atom. The first-order valence-corrected chi connectivity index (χ1v) is 9.40. The average molecular weight is 321 g/mol. The fraction of sp³-hybridized carbons (Fsp3) is 0.545. The molecule has 0 atom stereocenters. The molecule has 2 N–H and O–H groups in total. The summed E-state index contributed by atoms with van der Waals surface area (Å²) in [5, 5.41) is 10.2. The van der Waals surface area contributed by atoms with Gasteiger partial charge in [-0.1, -0.05) is 0 Å². The van der Waals surface area contributed by atoms with Crippen LogP contribution in [-0.2, 0) is 10.0 Å². The maximum Gasteiger partial charge on any atom is 0.345 e. The molecular weight excluding hydrogens is 306 g/mol. The van der Waals surface area contributed by atoms with Crippen LogP contribution in [-0.4, -0.2) is 37.5 Å². The monoisotopic (exact) mass is 321 g/mol. The van der Waals surface area contributed by atoms with Crippen molar-refractivity contribution in [2.45, 2.75) is 17.7 Å². The highest BCUT2D eigenvalue weighted by Crippen LogP contribution is 2.23. The van der Waals surface area contributed by atoms with E-state index in [2.05, 4.69) is 4.72 Å². The number of carboxylic acids is 1. The van der Waals surface area contributed by atoms with Crippen LogP contribution < -0.4 is 4.72 Å². The molecule has 1 saturated heterocycles. The van der Waals surface area contributed by atoms with Crippen LogP contribution in [0.3, 0.4) is 0 Å². The predicted octanol–water partition coefficient (Wildman–Crippen LogP) is 1.87. The van der Waals surface area contributed by atoms with E-state index in [0.717, 1.165) is 35.7 Å². The molecule has 0 unspecified atom stereocenters. The highest BCUT2D eigenvalue weighted by Gasteiger charge is 2.21. The van der Waals surface area contributed by atoms with Gasteiger partial charge in [0.25, 0.3) is 0 Å². The van der Waals surface area contributed by atoms with Crippen molar-refractivity contribution in [3.05, 3.63) is 16.3 Å². The Balaban J connectivity index is 1.98. The molecule has 2 rings (SSSR count). The molecule has 8 heteroatoms. The number of thioether (sulfide) groups is 1. The highest BCUT2D eigenvalue weighted by molar-refractivity contribution is 7.99. The van der Waals surface area contributed by atoms with E-state index in [0.29, 0.717) is 12.5 Å². The van der Waals surface area contributed by atoms with Gasteiger partial charge in [0.2, 0.25) is 10.0 Å². The smallest absolute Gasteiger partial charge is 0.345 e. The van der Waals surface area contributed by atoms with Gasteiger partial charge in [0.15, 0.2) is 0 Å². The fourth-order valence-electron chi connectivity index (χ4n) is 1.83. The molecule has 0 spiro atoms. The molecule has 19 heavy (non-hydrogen) atoms. The predicted molar refractivity (Wildman–Crippen MR) is 76.5 cm³/mol. The second-order valence-electron chi connectivity index (χ2n) is 4.36. The number of carbonyl (C=O) groups is 1. The average Bonchev–Trinajstić information content (AvgIpc) is 2.88. The minimum Gasteiger partial charge on any atom is -0.477 e. The second kappa shape index (κ2) is 6.25. The van der Waals surface area contributed by atoms with Crippen LogP contribution in [0.1, 0.15) is 22.5 Å². The van der Waals surface area contributed by atoms with Crippen LogP contribution in [0.5, 0.6) is 0 Å². The van der Waals surface area contributed by atoms with Crippen molar-refractivity contribution in [2.24, 2.45) is 5.92 Å². The summed E-state index contributed by atoms with van der Waals surface area (Å²) in [6.45, 7) is 0.432. The Kier molecular flexibility index (Phi) is 4.88. The minimum atomic E-state index is -3.58. The van der Waals surface area contributed by atoms with Crippen LogP contribution in [0.4, 0.5) is 0 Å². The standard InChI is InChI=1S/C11H15NO4S3/c13-11(14)10-5-9(7-18-10)19(15,16)12-6-8-1-3-17-4-2-8/h5,7-8,12H,1-4,6H2,(H,13,14). The van der Waals surface area contributed by atoms with Crippen LogP contribution in [0.15, 0.2) is 16.3 Å². The minimum absolute atomic E-state index is 0.0365. The number of sulfonamides is 1. The molecule has 106 valence electrons. The Hall–Kier alpha value is -0.570. The van der Waals surface area contributed by atoms with Crippen molar-refractivity contribution >= 4 is 39.1 Å². The maximum absolute atomic E-state index is 12.0. The zero-order chi connectivity index (χ0) is 13.9. The largest absolute Gasteiger partial charge is 0.477 e. The molecule has 0 aliphatic carbocycles. The highest BCUT2D eigenvalue weighted by atomic mass is 32.2. The summed E-state index contributed by atoms with van der Waals surface area (Å²) < 4.78 is 26.6. The number of hydrogen-bond donors (Lipinski definition) is 2. The van der Waals surface area contributed by atoms with Gasteiger partial charge in [-0.3, -0.25) is 0 Å². The van der Waals surface area contributed by atoms with Crippen LogP contribution >= 0.6 is 23.1 Å². The molecule has 1 aromatic rings. The normalized spacial score (nSPS) is 17.5. The van der Waals surface area contributed by atoms with E-state index < -0.39 is 16.0 Å². The van der Waals surface area contributed by atoms with Gasteiger partial charge in [0.05, 0.1) is 4.90 Å². The third kappa shape index (κ3) is 3.95. The summed E-state index contributed by atoms with van der Waals surface area (Å²) in [5.41, 5.74) is 0. The van der Waals surface area contributed by atoms with Gasteiger partial charge in [-0.25, -0.2) is 17.9 Å². The summed E-state index contributed by atoms with van der Waals surface area (Å²) in [6, 6.07) is 1.20. The molecule has 1 aliphatic heterocycles. The number of carboxylic acid groups (broad SMARTS) is 1. The van der Waals surface area contributed by atoms with E-state index in [1.165, 1.54) is 11.4 Å². The van der Waals surface area contributed by atoms with Gasteiger partial charge in [0.1, 0.15) is 4.88 Å². The summed E-state index contributed by atoms with van der Waals surface area (Å²) in [7, 11) is -3.58. The maximum atomic E-state index is 12.0. The zero-order valence-electron chi connectivity index (χ0n) is 10.2. The van der Waals surface area contributed by atoms with Crippen LogP contribution in [0, 0.1) is 5.92 Å². The fourth-order valence-corrected chi connectivity index (χ4v) is 5.26. The van der Waals surface area contributed by atoms with Gasteiger partial charge < -0.3 is 5.11 Å². The first-order chi connectivity index (χ1) is 8.99. The lowest BCUT2D eigenvalue weighted by Crippen LogP contribution is -2.30. The third-order valence-electron chi connectivity index (χ3n) is 3.00. The lowest BCUT2D eigenvalue weighted by Gasteiger charge is -2.21. The SMILES string of the molecule is O=C(O)c1cc(S(=O)(=O)NCC2CCSCC2)cs1. The summed E-state index contributed by atoms with van der Waals surface area (Å²) >= 11 is 2.82. The number of thiophene rings is 1. The van der Waals surface area contributed by atoms with E-state index in [1.54, 1.807) is 0 Å². The van der Waals surface area contributed by atoms with Crippen LogP contribution in [0.25, 0.3) is 0 Å². The van der Waals surface area contributed by atoms with E-state index in [9.17, 15) is 13.2 Å². The summed E-state index contributed by atoms with van der Waals surface area (Å²) in [4.78, 5) is 10.8. The van der Waals surface area contributed by atoms with E-state index in [1.807, 2.05) is 11.8 Å². The van der Waals surface area contributed by atoms with E-state index in [4.69, 9.17) is 5.11 Å². The van der Waals surface area contributed by atoms with Gasteiger partial charge in [-0.2, -0.15) is 11.8 Å². The number of aromatic carboxylic acids is 1. The topological polar surface area (TPSA) is 83.5 Å². The summed E-state index contributed by atoms with van der Waals surface area (Å²) in [6.07, 6.45) is 2.05. The van der Waals surface area contributed by atoms with Crippen molar-refractivity contribution < 1.29 is 18.3 Å². The Morgan fingerprint density at radius 1 is 1.42 bits per heavy atom.